The van der Waals surface area contributed by atoms with Gasteiger partial charge in [-0.15, -0.1) is 0 Å². The number of carbonyl (C=O) groups is 1. The first kappa shape index (κ1) is 15.7. The quantitative estimate of drug-likeness (QED) is 0.741. The van der Waals surface area contributed by atoms with Crippen LogP contribution in [0.2, 0.25) is 5.02 Å². The molecule has 106 valence electrons. The normalized spacial score (nSPS) is 11.3. The summed E-state index contributed by atoms with van der Waals surface area (Å²) in [5.74, 6) is -1.46. The summed E-state index contributed by atoms with van der Waals surface area (Å²) in [6, 6.07) is 6.63. The SMILES string of the molecule is O=C(O)CCN(CCS(=O)(=O)O)c1cccc(Cl)c1. The number of rotatable bonds is 7. The van der Waals surface area contributed by atoms with Crippen molar-refractivity contribution in [3.8, 4) is 0 Å². The summed E-state index contributed by atoms with van der Waals surface area (Å²) < 4.78 is 30.3. The molecule has 0 heterocycles. The van der Waals surface area contributed by atoms with Crippen molar-refractivity contribution in [3.63, 3.8) is 0 Å². The minimum absolute atomic E-state index is 0.00748. The first-order valence-electron chi connectivity index (χ1n) is 5.45. The third-order valence-electron chi connectivity index (χ3n) is 2.39. The molecule has 0 aliphatic heterocycles. The Morgan fingerprint density at radius 1 is 1.32 bits per heavy atom. The summed E-state index contributed by atoms with van der Waals surface area (Å²) in [7, 11) is -4.10. The Hall–Kier alpha value is -1.31. The van der Waals surface area contributed by atoms with E-state index in [0.717, 1.165) is 0 Å². The minimum atomic E-state index is -4.10. The fourth-order valence-corrected chi connectivity index (χ4v) is 2.13. The van der Waals surface area contributed by atoms with Crippen LogP contribution < -0.4 is 4.90 Å². The van der Waals surface area contributed by atoms with E-state index in [1.165, 1.54) is 0 Å². The largest absolute Gasteiger partial charge is 0.481 e. The van der Waals surface area contributed by atoms with E-state index in [9.17, 15) is 13.2 Å². The van der Waals surface area contributed by atoms with Crippen molar-refractivity contribution in [2.45, 2.75) is 6.42 Å². The van der Waals surface area contributed by atoms with E-state index in [1.807, 2.05) is 0 Å². The molecule has 0 aliphatic rings. The van der Waals surface area contributed by atoms with E-state index >= 15 is 0 Å². The highest BCUT2D eigenvalue weighted by Gasteiger charge is 2.13. The lowest BCUT2D eigenvalue weighted by Crippen LogP contribution is -2.31. The van der Waals surface area contributed by atoms with Crippen LogP contribution in [0, 0.1) is 0 Å². The number of hydrogen-bond acceptors (Lipinski definition) is 4. The van der Waals surface area contributed by atoms with E-state index in [-0.39, 0.29) is 19.5 Å². The molecule has 0 fully saturated rings. The van der Waals surface area contributed by atoms with Gasteiger partial charge in [-0.2, -0.15) is 8.42 Å². The summed E-state index contributed by atoms with van der Waals surface area (Å²) in [6.07, 6.45) is -0.141. The summed E-state index contributed by atoms with van der Waals surface area (Å²) >= 11 is 5.83. The first-order chi connectivity index (χ1) is 8.78. The summed E-state index contributed by atoms with van der Waals surface area (Å²) in [5.41, 5.74) is 0.609. The third kappa shape index (κ3) is 6.42. The molecule has 6 nitrogen and oxygen atoms in total. The molecule has 1 aromatic carbocycles. The van der Waals surface area contributed by atoms with Crippen LogP contribution in [0.5, 0.6) is 0 Å². The van der Waals surface area contributed by atoms with Gasteiger partial charge in [0.05, 0.1) is 12.2 Å². The van der Waals surface area contributed by atoms with Crippen LogP contribution in [0.4, 0.5) is 5.69 Å². The lowest BCUT2D eigenvalue weighted by molar-refractivity contribution is -0.136. The molecule has 0 saturated heterocycles. The van der Waals surface area contributed by atoms with Crippen molar-refractivity contribution in [1.82, 2.24) is 0 Å². The molecule has 8 heteroatoms. The topological polar surface area (TPSA) is 94.9 Å². The van der Waals surface area contributed by atoms with E-state index in [4.69, 9.17) is 21.3 Å². The molecule has 0 bridgehead atoms. The number of nitrogens with zero attached hydrogens (tertiary/aromatic N) is 1. The van der Waals surface area contributed by atoms with Crippen molar-refractivity contribution >= 4 is 33.4 Å². The number of aliphatic carboxylic acids is 1. The molecule has 0 radical (unpaired) electrons. The zero-order valence-electron chi connectivity index (χ0n) is 9.99. The molecule has 0 aromatic heterocycles. The molecule has 0 unspecified atom stereocenters. The van der Waals surface area contributed by atoms with Gasteiger partial charge in [0.1, 0.15) is 0 Å². The number of benzene rings is 1. The second kappa shape index (κ2) is 6.74. The van der Waals surface area contributed by atoms with E-state index in [1.54, 1.807) is 29.2 Å². The maximum Gasteiger partial charge on any atom is 0.305 e. The van der Waals surface area contributed by atoms with Crippen molar-refractivity contribution in [2.75, 3.05) is 23.7 Å². The molecule has 1 rings (SSSR count). The smallest absolute Gasteiger partial charge is 0.305 e. The second-order valence-corrected chi connectivity index (χ2v) is 5.91. The Bertz CT molecular complexity index is 546. The number of halogens is 1. The van der Waals surface area contributed by atoms with Gasteiger partial charge in [0, 0.05) is 23.8 Å². The monoisotopic (exact) mass is 307 g/mol. The Balaban J connectivity index is 2.82. The van der Waals surface area contributed by atoms with Gasteiger partial charge in [0.2, 0.25) is 0 Å². The van der Waals surface area contributed by atoms with E-state index in [2.05, 4.69) is 0 Å². The predicted octanol–water partition coefficient (Wildman–Crippen LogP) is 1.51. The van der Waals surface area contributed by atoms with Crippen LogP contribution in [0.25, 0.3) is 0 Å². The summed E-state index contributed by atoms with van der Waals surface area (Å²) in [5, 5.41) is 9.13. The Kier molecular flexibility index (Phi) is 5.59. The fourth-order valence-electron chi connectivity index (χ4n) is 1.50. The van der Waals surface area contributed by atoms with Crippen LogP contribution in [-0.4, -0.2) is 42.9 Å². The van der Waals surface area contributed by atoms with Crippen molar-refractivity contribution < 1.29 is 22.9 Å². The van der Waals surface area contributed by atoms with Crippen molar-refractivity contribution in [3.05, 3.63) is 29.3 Å². The zero-order chi connectivity index (χ0) is 14.5. The predicted molar refractivity (Wildman–Crippen MR) is 72.3 cm³/mol. The maximum absolute atomic E-state index is 10.8. The first-order valence-corrected chi connectivity index (χ1v) is 7.44. The highest BCUT2D eigenvalue weighted by Crippen LogP contribution is 2.19. The molecule has 0 spiro atoms. The van der Waals surface area contributed by atoms with Gasteiger partial charge in [-0.25, -0.2) is 0 Å². The van der Waals surface area contributed by atoms with Crippen LogP contribution in [0.15, 0.2) is 24.3 Å². The van der Waals surface area contributed by atoms with Gasteiger partial charge >= 0.3 is 5.97 Å². The molecule has 1 aromatic rings. The van der Waals surface area contributed by atoms with Gasteiger partial charge in [0.15, 0.2) is 0 Å². The zero-order valence-corrected chi connectivity index (χ0v) is 11.6. The molecule has 0 atom stereocenters. The average molecular weight is 308 g/mol. The molecular formula is C11H14ClNO5S. The summed E-state index contributed by atoms with van der Waals surface area (Å²) in [4.78, 5) is 12.1. The highest BCUT2D eigenvalue weighted by atomic mass is 35.5. The Morgan fingerprint density at radius 3 is 2.53 bits per heavy atom. The van der Waals surface area contributed by atoms with Crippen LogP contribution in [0.1, 0.15) is 6.42 Å². The lowest BCUT2D eigenvalue weighted by atomic mass is 10.2. The van der Waals surface area contributed by atoms with Gasteiger partial charge in [0.25, 0.3) is 10.1 Å². The van der Waals surface area contributed by atoms with Gasteiger partial charge in [-0.1, -0.05) is 17.7 Å². The van der Waals surface area contributed by atoms with Gasteiger partial charge in [-0.05, 0) is 18.2 Å². The van der Waals surface area contributed by atoms with E-state index in [0.29, 0.717) is 10.7 Å². The third-order valence-corrected chi connectivity index (χ3v) is 3.32. The molecule has 0 aliphatic carbocycles. The number of carboxylic acids is 1. The standard InChI is InChI=1S/C11H14ClNO5S/c12-9-2-1-3-10(8-9)13(5-4-11(14)15)6-7-19(16,17)18/h1-3,8H,4-7H2,(H,14,15)(H,16,17,18). The summed E-state index contributed by atoms with van der Waals surface area (Å²) in [6.45, 7) is 0.123. The van der Waals surface area contributed by atoms with Crippen LogP contribution in [0.3, 0.4) is 0 Å². The highest BCUT2D eigenvalue weighted by molar-refractivity contribution is 7.85. The van der Waals surface area contributed by atoms with Gasteiger partial charge < -0.3 is 10.0 Å². The fraction of sp³-hybridized carbons (Fsp3) is 0.364. The maximum atomic E-state index is 10.8. The average Bonchev–Trinajstić information content (AvgIpc) is 2.27. The van der Waals surface area contributed by atoms with E-state index < -0.39 is 21.8 Å². The minimum Gasteiger partial charge on any atom is -0.481 e. The molecule has 19 heavy (non-hydrogen) atoms. The van der Waals surface area contributed by atoms with Crippen LogP contribution >= 0.6 is 11.6 Å². The van der Waals surface area contributed by atoms with Gasteiger partial charge in [-0.3, -0.25) is 9.35 Å². The van der Waals surface area contributed by atoms with Crippen molar-refractivity contribution in [2.24, 2.45) is 0 Å². The van der Waals surface area contributed by atoms with Crippen LogP contribution in [-0.2, 0) is 14.9 Å². The second-order valence-electron chi connectivity index (χ2n) is 3.90. The molecule has 0 saturated carbocycles. The number of hydrogen-bond donors (Lipinski definition) is 2. The lowest BCUT2D eigenvalue weighted by Gasteiger charge is -2.23. The molecule has 2 N–H and O–H groups in total. The Labute approximate surface area is 116 Å². The molecule has 0 amide bonds. The molecular weight excluding hydrogens is 294 g/mol. The number of carboxylic acid groups (broad SMARTS) is 1. The Morgan fingerprint density at radius 2 is 2.00 bits per heavy atom. The van der Waals surface area contributed by atoms with Crippen molar-refractivity contribution in [1.29, 1.82) is 0 Å². The number of anilines is 1.